The third kappa shape index (κ3) is 2.76. The summed E-state index contributed by atoms with van der Waals surface area (Å²) in [5.74, 6) is 0.899. The van der Waals surface area contributed by atoms with E-state index in [1.54, 1.807) is 0 Å². The van der Waals surface area contributed by atoms with Gasteiger partial charge in [-0.25, -0.2) is 4.98 Å². The molecule has 0 unspecified atom stereocenters. The molecule has 0 amide bonds. The van der Waals surface area contributed by atoms with Crippen molar-refractivity contribution < 1.29 is 0 Å². The molecule has 0 atom stereocenters. The van der Waals surface area contributed by atoms with Gasteiger partial charge in [0.05, 0.1) is 27.8 Å². The molecular formula is C38H22N4. The molecule has 9 aromatic rings. The summed E-state index contributed by atoms with van der Waals surface area (Å²) in [4.78, 5) is 9.86. The molecule has 4 heterocycles. The van der Waals surface area contributed by atoms with E-state index in [0.717, 1.165) is 39.4 Å². The van der Waals surface area contributed by atoms with Crippen LogP contribution in [-0.4, -0.2) is 19.1 Å². The van der Waals surface area contributed by atoms with Crippen molar-refractivity contribution in [2.45, 2.75) is 0 Å². The van der Waals surface area contributed by atoms with Crippen LogP contribution in [0, 0.1) is 0 Å². The molecule has 1 aliphatic rings. The fourth-order valence-corrected chi connectivity index (χ4v) is 7.18. The lowest BCUT2D eigenvalue weighted by molar-refractivity contribution is 1.08. The van der Waals surface area contributed by atoms with Gasteiger partial charge in [0.2, 0.25) is 0 Å². The van der Waals surface area contributed by atoms with Crippen molar-refractivity contribution in [2.24, 2.45) is 0 Å². The number of nitrogens with zero attached hydrogens (tertiary/aromatic N) is 4. The molecule has 0 aliphatic heterocycles. The van der Waals surface area contributed by atoms with E-state index < -0.39 is 0 Å². The molecule has 0 bridgehead atoms. The summed E-state index contributed by atoms with van der Waals surface area (Å²) in [6.45, 7) is 0. The normalized spacial score (nSPS) is 12.3. The fourth-order valence-electron chi connectivity index (χ4n) is 7.18. The molecule has 10 rings (SSSR count). The topological polar surface area (TPSA) is 35.6 Å². The maximum atomic E-state index is 5.05. The third-order valence-corrected chi connectivity index (χ3v) is 8.95. The second-order valence-electron chi connectivity index (χ2n) is 11.1. The second-order valence-corrected chi connectivity index (χ2v) is 11.1. The first-order chi connectivity index (χ1) is 20.8. The van der Waals surface area contributed by atoms with Crippen LogP contribution >= 0.6 is 0 Å². The highest BCUT2D eigenvalue weighted by atomic mass is 15.1. The lowest BCUT2D eigenvalue weighted by atomic mass is 10.1. The predicted octanol–water partition coefficient (Wildman–Crippen LogP) is 9.47. The van der Waals surface area contributed by atoms with Crippen molar-refractivity contribution in [2.75, 3.05) is 0 Å². The first-order valence-electron chi connectivity index (χ1n) is 14.3. The monoisotopic (exact) mass is 534 g/mol. The summed E-state index contributed by atoms with van der Waals surface area (Å²) in [6, 6.07) is 43.5. The van der Waals surface area contributed by atoms with E-state index in [1.807, 2.05) is 12.4 Å². The Hall–Kier alpha value is -5.74. The number of hydrogen-bond acceptors (Lipinski definition) is 2. The largest absolute Gasteiger partial charge is 0.309 e. The molecule has 194 valence electrons. The van der Waals surface area contributed by atoms with Gasteiger partial charge in [-0.3, -0.25) is 9.55 Å². The van der Waals surface area contributed by atoms with Crippen LogP contribution in [0.2, 0.25) is 0 Å². The van der Waals surface area contributed by atoms with Gasteiger partial charge in [0, 0.05) is 56.1 Å². The molecule has 4 nitrogen and oxygen atoms in total. The van der Waals surface area contributed by atoms with Gasteiger partial charge < -0.3 is 4.57 Å². The van der Waals surface area contributed by atoms with E-state index in [4.69, 9.17) is 9.97 Å². The summed E-state index contributed by atoms with van der Waals surface area (Å²) in [7, 11) is 0. The number of fused-ring (bicyclic) bond motifs is 9. The summed E-state index contributed by atoms with van der Waals surface area (Å²) >= 11 is 0. The van der Waals surface area contributed by atoms with E-state index in [1.165, 1.54) is 48.9 Å². The van der Waals surface area contributed by atoms with Gasteiger partial charge in [-0.15, -0.1) is 0 Å². The Morgan fingerprint density at radius 3 is 1.88 bits per heavy atom. The van der Waals surface area contributed by atoms with Crippen LogP contribution < -0.4 is 0 Å². The standard InChI is InChI=1S/C38H22N4/c1-4-13-32-25(9-1)26-10-2-5-14-33(26)41(32)24-16-17-35-29(20-24)27-11-3-6-15-34(27)42(35)36-21-30-31(22-40-36)28-12-7-8-23-18-19-39-38(30)37(23)28/h1-22H. The van der Waals surface area contributed by atoms with Crippen LogP contribution in [0.3, 0.4) is 0 Å². The smallest absolute Gasteiger partial charge is 0.138 e. The Labute approximate surface area is 240 Å². The summed E-state index contributed by atoms with van der Waals surface area (Å²) in [6.07, 6.45) is 3.93. The lowest BCUT2D eigenvalue weighted by Gasteiger charge is -2.11. The Kier molecular flexibility index (Phi) is 4.15. The van der Waals surface area contributed by atoms with Crippen molar-refractivity contribution >= 4 is 54.4 Å². The number of para-hydroxylation sites is 3. The third-order valence-electron chi connectivity index (χ3n) is 8.95. The molecule has 42 heavy (non-hydrogen) atoms. The quantitative estimate of drug-likeness (QED) is 0.221. The Bertz CT molecular complexity index is 2530. The highest BCUT2D eigenvalue weighted by Gasteiger charge is 2.24. The average molecular weight is 535 g/mol. The number of benzene rings is 5. The number of aromatic nitrogens is 4. The molecular weight excluding hydrogens is 512 g/mol. The van der Waals surface area contributed by atoms with Gasteiger partial charge in [0.15, 0.2) is 0 Å². The molecule has 4 aromatic heterocycles. The van der Waals surface area contributed by atoms with E-state index in [2.05, 4.69) is 130 Å². The predicted molar refractivity (Wildman–Crippen MR) is 173 cm³/mol. The minimum absolute atomic E-state index is 0.899. The zero-order valence-corrected chi connectivity index (χ0v) is 22.5. The minimum atomic E-state index is 0.899. The van der Waals surface area contributed by atoms with Crippen LogP contribution in [0.15, 0.2) is 134 Å². The minimum Gasteiger partial charge on any atom is -0.309 e. The SMILES string of the molecule is c1cc2c3c(nccc3c1)-c1cc(-n3c4ccccc4c4cc(-n5c6ccccc6c6ccccc65)ccc43)ncc1-2. The number of hydrogen-bond donors (Lipinski definition) is 0. The van der Waals surface area contributed by atoms with E-state index in [-0.39, 0.29) is 0 Å². The number of pyridine rings is 2. The van der Waals surface area contributed by atoms with Gasteiger partial charge in [0.1, 0.15) is 5.82 Å². The van der Waals surface area contributed by atoms with E-state index >= 15 is 0 Å². The summed E-state index contributed by atoms with van der Waals surface area (Å²) in [5, 5.41) is 7.37. The van der Waals surface area contributed by atoms with Gasteiger partial charge in [-0.2, -0.15) is 0 Å². The maximum absolute atomic E-state index is 5.05. The summed E-state index contributed by atoms with van der Waals surface area (Å²) in [5.41, 5.74) is 10.4. The lowest BCUT2D eigenvalue weighted by Crippen LogP contribution is -1.99. The molecule has 0 spiro atoms. The maximum Gasteiger partial charge on any atom is 0.138 e. The molecule has 5 aromatic carbocycles. The Balaban J connectivity index is 1.24. The zero-order chi connectivity index (χ0) is 27.4. The van der Waals surface area contributed by atoms with E-state index in [0.29, 0.717) is 0 Å². The summed E-state index contributed by atoms with van der Waals surface area (Å²) < 4.78 is 4.68. The van der Waals surface area contributed by atoms with Crippen molar-refractivity contribution in [1.82, 2.24) is 19.1 Å². The highest BCUT2D eigenvalue weighted by Crippen LogP contribution is 2.46. The van der Waals surface area contributed by atoms with Crippen molar-refractivity contribution in [3.05, 3.63) is 134 Å². The molecule has 0 fully saturated rings. The molecule has 4 heteroatoms. The van der Waals surface area contributed by atoms with Gasteiger partial charge in [-0.05, 0) is 59.5 Å². The highest BCUT2D eigenvalue weighted by molar-refractivity contribution is 6.15. The molecule has 0 radical (unpaired) electrons. The van der Waals surface area contributed by atoms with Crippen LogP contribution in [0.4, 0.5) is 0 Å². The molecule has 0 N–H and O–H groups in total. The Morgan fingerprint density at radius 2 is 1.12 bits per heavy atom. The van der Waals surface area contributed by atoms with E-state index in [9.17, 15) is 0 Å². The first-order valence-corrected chi connectivity index (χ1v) is 14.3. The van der Waals surface area contributed by atoms with Gasteiger partial charge in [0.25, 0.3) is 0 Å². The number of rotatable bonds is 2. The van der Waals surface area contributed by atoms with Crippen LogP contribution in [0.25, 0.3) is 88.3 Å². The van der Waals surface area contributed by atoms with Crippen LogP contribution in [-0.2, 0) is 0 Å². The van der Waals surface area contributed by atoms with Crippen molar-refractivity contribution in [3.63, 3.8) is 0 Å². The van der Waals surface area contributed by atoms with Gasteiger partial charge >= 0.3 is 0 Å². The van der Waals surface area contributed by atoms with Gasteiger partial charge in [-0.1, -0.05) is 72.8 Å². The zero-order valence-electron chi connectivity index (χ0n) is 22.5. The molecule has 0 saturated carbocycles. The first kappa shape index (κ1) is 22.0. The van der Waals surface area contributed by atoms with Crippen LogP contribution in [0.5, 0.6) is 0 Å². The van der Waals surface area contributed by atoms with Crippen LogP contribution in [0.1, 0.15) is 0 Å². The van der Waals surface area contributed by atoms with Crippen molar-refractivity contribution in [3.8, 4) is 33.9 Å². The van der Waals surface area contributed by atoms with Crippen molar-refractivity contribution in [1.29, 1.82) is 0 Å². The Morgan fingerprint density at radius 1 is 0.452 bits per heavy atom. The molecule has 1 aliphatic carbocycles. The fraction of sp³-hybridized carbons (Fsp3) is 0. The average Bonchev–Trinajstić information content (AvgIpc) is 3.68. The second kappa shape index (κ2) is 7.93. The molecule has 0 saturated heterocycles.